The number of hydrogen-bond acceptors (Lipinski definition) is 5. The SMILES string of the molecule is C=CCOC(=O)Nc1nc2nc[nH]c2c(OCC=C)[nH+]1. The number of nitrogens with zero attached hydrogens (tertiary/aromatic N) is 2. The van der Waals surface area contributed by atoms with Gasteiger partial charge in [-0.05, 0) is 4.98 Å². The van der Waals surface area contributed by atoms with Crippen LogP contribution in [0, 0.1) is 0 Å². The third kappa shape index (κ3) is 3.10. The fourth-order valence-electron chi connectivity index (χ4n) is 1.42. The summed E-state index contributed by atoms with van der Waals surface area (Å²) in [5.74, 6) is 0.559. The Kier molecular flexibility index (Phi) is 4.28. The zero-order chi connectivity index (χ0) is 14.4. The van der Waals surface area contributed by atoms with Gasteiger partial charge in [-0.2, -0.15) is 5.32 Å². The summed E-state index contributed by atoms with van der Waals surface area (Å²) in [6.45, 7) is 7.43. The molecule has 0 saturated carbocycles. The zero-order valence-corrected chi connectivity index (χ0v) is 10.7. The maximum Gasteiger partial charge on any atom is 0.476 e. The first-order valence-electron chi connectivity index (χ1n) is 5.79. The fourth-order valence-corrected chi connectivity index (χ4v) is 1.42. The summed E-state index contributed by atoms with van der Waals surface area (Å²) >= 11 is 0. The van der Waals surface area contributed by atoms with Crippen LogP contribution in [0.4, 0.5) is 10.7 Å². The fraction of sp³-hybridized carbons (Fsp3) is 0.167. The molecule has 0 bridgehead atoms. The molecular weight excluding hydrogens is 262 g/mol. The van der Waals surface area contributed by atoms with E-state index in [2.05, 4.69) is 38.4 Å². The van der Waals surface area contributed by atoms with Crippen LogP contribution in [-0.2, 0) is 4.74 Å². The van der Waals surface area contributed by atoms with Crippen molar-refractivity contribution in [3.63, 3.8) is 0 Å². The first-order valence-corrected chi connectivity index (χ1v) is 5.79. The summed E-state index contributed by atoms with van der Waals surface area (Å²) in [7, 11) is 0. The number of ether oxygens (including phenoxy) is 2. The molecule has 0 unspecified atom stereocenters. The van der Waals surface area contributed by atoms with Crippen LogP contribution in [0.15, 0.2) is 31.6 Å². The van der Waals surface area contributed by atoms with Gasteiger partial charge in [0.2, 0.25) is 0 Å². The molecule has 8 heteroatoms. The van der Waals surface area contributed by atoms with Gasteiger partial charge in [0.1, 0.15) is 13.2 Å². The van der Waals surface area contributed by atoms with Crippen LogP contribution >= 0.6 is 0 Å². The van der Waals surface area contributed by atoms with Crippen molar-refractivity contribution in [2.45, 2.75) is 0 Å². The Balaban J connectivity index is 2.22. The van der Waals surface area contributed by atoms with E-state index in [0.717, 1.165) is 0 Å². The van der Waals surface area contributed by atoms with Crippen molar-refractivity contribution in [3.05, 3.63) is 31.6 Å². The van der Waals surface area contributed by atoms with E-state index in [-0.39, 0.29) is 12.6 Å². The summed E-state index contributed by atoms with van der Waals surface area (Å²) < 4.78 is 10.2. The first kappa shape index (κ1) is 13.5. The van der Waals surface area contributed by atoms with Crippen LogP contribution in [-0.4, -0.2) is 34.3 Å². The average molecular weight is 276 g/mol. The maximum absolute atomic E-state index is 11.4. The molecular formula is C12H14N5O3+. The highest BCUT2D eigenvalue weighted by molar-refractivity contribution is 5.83. The average Bonchev–Trinajstić information content (AvgIpc) is 2.90. The Bertz CT molecular complexity index is 637. The number of rotatable bonds is 6. The normalized spacial score (nSPS) is 10.0. The van der Waals surface area contributed by atoms with E-state index in [4.69, 9.17) is 9.47 Å². The molecule has 104 valence electrons. The van der Waals surface area contributed by atoms with Gasteiger partial charge in [0.25, 0.3) is 11.5 Å². The summed E-state index contributed by atoms with van der Waals surface area (Å²) in [5.41, 5.74) is 0.999. The number of carbonyl (C=O) groups is 1. The third-order valence-corrected chi connectivity index (χ3v) is 2.19. The lowest BCUT2D eigenvalue weighted by Crippen LogP contribution is -2.23. The van der Waals surface area contributed by atoms with Crippen LogP contribution in [0.2, 0.25) is 0 Å². The van der Waals surface area contributed by atoms with Gasteiger partial charge < -0.3 is 14.5 Å². The van der Waals surface area contributed by atoms with Crippen molar-refractivity contribution in [3.8, 4) is 5.88 Å². The Labute approximate surface area is 114 Å². The second kappa shape index (κ2) is 6.32. The topological polar surface area (TPSA) is 103 Å². The van der Waals surface area contributed by atoms with Crippen LogP contribution < -0.4 is 15.0 Å². The van der Waals surface area contributed by atoms with Gasteiger partial charge in [0.05, 0.1) is 6.33 Å². The number of amides is 1. The highest BCUT2D eigenvalue weighted by atomic mass is 16.5. The number of anilines is 1. The summed E-state index contributed by atoms with van der Waals surface area (Å²) in [6.07, 6.45) is 3.89. The van der Waals surface area contributed by atoms with E-state index in [1.165, 1.54) is 12.4 Å². The molecule has 2 heterocycles. The van der Waals surface area contributed by atoms with Crippen LogP contribution in [0.3, 0.4) is 0 Å². The van der Waals surface area contributed by atoms with E-state index >= 15 is 0 Å². The molecule has 2 aromatic heterocycles. The molecule has 20 heavy (non-hydrogen) atoms. The number of hydrogen-bond donors (Lipinski definition) is 2. The quantitative estimate of drug-likeness (QED) is 0.768. The van der Waals surface area contributed by atoms with E-state index in [1.807, 2.05) is 0 Å². The minimum atomic E-state index is -0.654. The summed E-state index contributed by atoms with van der Waals surface area (Å²) in [6, 6.07) is 0. The van der Waals surface area contributed by atoms with Crippen molar-refractivity contribution in [1.29, 1.82) is 0 Å². The lowest BCUT2D eigenvalue weighted by Gasteiger charge is -2.02. The largest absolute Gasteiger partial charge is 0.476 e. The molecule has 2 rings (SSSR count). The predicted octanol–water partition coefficient (Wildman–Crippen LogP) is 1.07. The Hall–Kier alpha value is -2.90. The second-order valence-corrected chi connectivity index (χ2v) is 3.63. The van der Waals surface area contributed by atoms with E-state index in [0.29, 0.717) is 23.7 Å². The molecule has 0 aromatic carbocycles. The molecule has 2 aromatic rings. The molecule has 3 N–H and O–H groups in total. The molecule has 0 fully saturated rings. The van der Waals surface area contributed by atoms with E-state index < -0.39 is 6.09 Å². The summed E-state index contributed by atoms with van der Waals surface area (Å²) in [4.78, 5) is 25.3. The maximum atomic E-state index is 11.4. The number of aromatic nitrogens is 4. The minimum Gasteiger partial charge on any atom is -0.462 e. The highest BCUT2D eigenvalue weighted by Crippen LogP contribution is 2.16. The number of fused-ring (bicyclic) bond motifs is 1. The van der Waals surface area contributed by atoms with Crippen molar-refractivity contribution in [1.82, 2.24) is 15.0 Å². The highest BCUT2D eigenvalue weighted by Gasteiger charge is 2.19. The minimum absolute atomic E-state index is 0.107. The van der Waals surface area contributed by atoms with Crippen molar-refractivity contribution in [2.75, 3.05) is 18.5 Å². The molecule has 0 saturated heterocycles. The van der Waals surface area contributed by atoms with Crippen LogP contribution in [0.25, 0.3) is 11.2 Å². The van der Waals surface area contributed by atoms with Gasteiger partial charge in [-0.3, -0.25) is 0 Å². The molecule has 0 aliphatic carbocycles. The first-order chi connectivity index (χ1) is 9.74. The smallest absolute Gasteiger partial charge is 0.462 e. The number of nitrogens with one attached hydrogen (secondary N) is 3. The van der Waals surface area contributed by atoms with E-state index in [9.17, 15) is 4.79 Å². The molecule has 0 aliphatic rings. The zero-order valence-electron chi connectivity index (χ0n) is 10.7. The van der Waals surface area contributed by atoms with Crippen molar-refractivity contribution >= 4 is 23.2 Å². The number of carbonyl (C=O) groups excluding carboxylic acids is 1. The second-order valence-electron chi connectivity index (χ2n) is 3.63. The standard InChI is InChI=1S/C12H13N5O3/c1-3-5-19-10-8-9(14-7-13-8)15-11(16-10)17-12(18)20-6-4-2/h3-4,7H,1-2,5-6H2,(H2,13,14,15,16,17,18)/p+1. The van der Waals surface area contributed by atoms with Gasteiger partial charge in [0, 0.05) is 0 Å². The van der Waals surface area contributed by atoms with Crippen LogP contribution in [0.5, 0.6) is 5.88 Å². The lowest BCUT2D eigenvalue weighted by atomic mass is 10.5. The van der Waals surface area contributed by atoms with Gasteiger partial charge in [-0.15, -0.1) is 0 Å². The third-order valence-electron chi connectivity index (χ3n) is 2.19. The van der Waals surface area contributed by atoms with Crippen LogP contribution in [0.1, 0.15) is 0 Å². The Morgan fingerprint density at radius 2 is 2.25 bits per heavy atom. The number of aromatic amines is 2. The summed E-state index contributed by atoms with van der Waals surface area (Å²) in [5, 5.41) is 2.44. The monoisotopic (exact) mass is 276 g/mol. The Morgan fingerprint density at radius 3 is 3.00 bits per heavy atom. The molecule has 8 nitrogen and oxygen atoms in total. The van der Waals surface area contributed by atoms with Crippen molar-refractivity contribution in [2.24, 2.45) is 0 Å². The van der Waals surface area contributed by atoms with E-state index in [1.54, 1.807) is 6.08 Å². The van der Waals surface area contributed by atoms with Crippen molar-refractivity contribution < 1.29 is 19.3 Å². The van der Waals surface area contributed by atoms with Gasteiger partial charge in [-0.1, -0.05) is 25.3 Å². The number of imidazole rings is 1. The van der Waals surface area contributed by atoms with Gasteiger partial charge in [-0.25, -0.2) is 14.8 Å². The Morgan fingerprint density at radius 1 is 1.45 bits per heavy atom. The number of H-pyrrole nitrogens is 2. The molecule has 0 radical (unpaired) electrons. The predicted molar refractivity (Wildman–Crippen MR) is 71.3 cm³/mol. The molecule has 0 aliphatic heterocycles. The lowest BCUT2D eigenvalue weighted by molar-refractivity contribution is -0.379. The van der Waals surface area contributed by atoms with Gasteiger partial charge >= 0.3 is 12.0 Å². The molecule has 1 amide bonds. The van der Waals surface area contributed by atoms with Gasteiger partial charge in [0.15, 0.2) is 5.52 Å². The molecule has 0 spiro atoms. The molecule has 0 atom stereocenters.